The molecular formula is C26H34N4O4. The number of hydroxylamine groups is 1. The summed E-state index contributed by atoms with van der Waals surface area (Å²) in [6, 6.07) is 14.0. The van der Waals surface area contributed by atoms with Gasteiger partial charge in [-0.05, 0) is 68.3 Å². The molecule has 182 valence electrons. The summed E-state index contributed by atoms with van der Waals surface area (Å²) in [7, 11) is 0. The number of carbonyl (C=O) groups is 2. The molecule has 1 fully saturated rings. The Morgan fingerprint density at radius 1 is 1.09 bits per heavy atom. The van der Waals surface area contributed by atoms with Crippen LogP contribution in [0.1, 0.15) is 54.2 Å². The molecule has 0 aromatic heterocycles. The van der Waals surface area contributed by atoms with E-state index in [2.05, 4.69) is 39.9 Å². The van der Waals surface area contributed by atoms with Gasteiger partial charge < -0.3 is 21.1 Å². The van der Waals surface area contributed by atoms with Gasteiger partial charge in [0, 0.05) is 35.8 Å². The molecule has 34 heavy (non-hydrogen) atoms. The summed E-state index contributed by atoms with van der Waals surface area (Å²) >= 11 is 0. The van der Waals surface area contributed by atoms with Gasteiger partial charge in [0.05, 0.1) is 6.10 Å². The minimum Gasteiger partial charge on any atom is -0.391 e. The van der Waals surface area contributed by atoms with Gasteiger partial charge in [0.2, 0.25) is 0 Å². The number of aliphatic hydroxyl groups excluding tert-OH is 1. The molecule has 3 rings (SSSR count). The zero-order valence-electron chi connectivity index (χ0n) is 18.6. The van der Waals surface area contributed by atoms with Crippen LogP contribution in [0.15, 0.2) is 48.5 Å². The summed E-state index contributed by atoms with van der Waals surface area (Å²) in [6.45, 7) is 4.30. The summed E-state index contributed by atoms with van der Waals surface area (Å²) in [4.78, 5) is 23.9. The number of rotatable bonds is 7. The van der Waals surface area contributed by atoms with Crippen molar-refractivity contribution in [2.45, 2.75) is 51.9 Å². The van der Waals surface area contributed by atoms with Crippen LogP contribution in [0.3, 0.4) is 0 Å². The number of aliphatic hydroxyl groups is 1. The van der Waals surface area contributed by atoms with E-state index in [0.717, 1.165) is 30.8 Å². The zero-order chi connectivity index (χ0) is 23.6. The molecule has 0 spiro atoms. The molecule has 2 aromatic carbocycles. The van der Waals surface area contributed by atoms with E-state index in [1.54, 1.807) is 24.3 Å². The number of benzene rings is 2. The van der Waals surface area contributed by atoms with Crippen molar-refractivity contribution in [1.29, 1.82) is 0 Å². The van der Waals surface area contributed by atoms with E-state index < -0.39 is 24.0 Å². The van der Waals surface area contributed by atoms with Gasteiger partial charge in [-0.25, -0.2) is 5.48 Å². The topological polar surface area (TPSA) is 123 Å². The largest absolute Gasteiger partial charge is 0.391 e. The fraction of sp³-hybridized carbons (Fsp3) is 0.385. The fourth-order valence-corrected chi connectivity index (χ4v) is 3.54. The Balaban J connectivity index is 0.00000408. The number of amides is 2. The van der Waals surface area contributed by atoms with E-state index in [4.69, 9.17) is 5.21 Å². The smallest absolute Gasteiger partial charge is 0.268 e. The van der Waals surface area contributed by atoms with E-state index in [1.807, 2.05) is 12.1 Å². The number of piperidine rings is 1. The second-order valence-corrected chi connectivity index (χ2v) is 8.12. The van der Waals surface area contributed by atoms with E-state index in [1.165, 1.54) is 30.8 Å². The van der Waals surface area contributed by atoms with E-state index >= 15 is 0 Å². The minimum atomic E-state index is -1.26. The molecule has 1 unspecified atom stereocenters. The van der Waals surface area contributed by atoms with Crippen LogP contribution in [0.5, 0.6) is 0 Å². The highest BCUT2D eigenvalue weighted by Gasteiger charge is 2.25. The van der Waals surface area contributed by atoms with Crippen LogP contribution >= 0.6 is 0 Å². The molecule has 6 N–H and O–H groups in total. The van der Waals surface area contributed by atoms with Gasteiger partial charge in [-0.2, -0.15) is 0 Å². The van der Waals surface area contributed by atoms with Crippen molar-refractivity contribution in [3.8, 4) is 11.8 Å². The van der Waals surface area contributed by atoms with E-state index in [-0.39, 0.29) is 7.43 Å². The van der Waals surface area contributed by atoms with Crippen molar-refractivity contribution in [3.05, 3.63) is 70.8 Å². The van der Waals surface area contributed by atoms with Gasteiger partial charge in [0.1, 0.15) is 6.04 Å². The van der Waals surface area contributed by atoms with Crippen molar-refractivity contribution in [2.75, 3.05) is 13.1 Å². The molecule has 0 bridgehead atoms. The average molecular weight is 467 g/mol. The maximum atomic E-state index is 12.3. The lowest BCUT2D eigenvalue weighted by molar-refractivity contribution is -0.133. The molecule has 0 aliphatic carbocycles. The molecule has 0 radical (unpaired) electrons. The van der Waals surface area contributed by atoms with Gasteiger partial charge in [-0.15, -0.1) is 0 Å². The molecular weight excluding hydrogens is 432 g/mol. The van der Waals surface area contributed by atoms with Crippen LogP contribution in [0, 0.1) is 11.8 Å². The Labute approximate surface area is 201 Å². The average Bonchev–Trinajstić information content (AvgIpc) is 2.85. The highest BCUT2D eigenvalue weighted by Crippen LogP contribution is 2.08. The van der Waals surface area contributed by atoms with Crippen LogP contribution in [0.2, 0.25) is 0 Å². The molecule has 1 aliphatic heterocycles. The van der Waals surface area contributed by atoms with Gasteiger partial charge in [-0.1, -0.05) is 31.4 Å². The molecule has 2 aromatic rings. The molecule has 3 atom stereocenters. The van der Waals surface area contributed by atoms with Gasteiger partial charge in [0.15, 0.2) is 0 Å². The second kappa shape index (κ2) is 13.5. The highest BCUT2D eigenvalue weighted by molar-refractivity contribution is 5.97. The van der Waals surface area contributed by atoms with E-state index in [9.17, 15) is 14.7 Å². The third kappa shape index (κ3) is 7.97. The van der Waals surface area contributed by atoms with Crippen LogP contribution < -0.4 is 21.4 Å². The second-order valence-electron chi connectivity index (χ2n) is 8.12. The molecule has 1 aliphatic rings. The van der Waals surface area contributed by atoms with Crippen molar-refractivity contribution >= 4 is 11.8 Å². The minimum absolute atomic E-state index is 0. The maximum Gasteiger partial charge on any atom is 0.268 e. The lowest BCUT2D eigenvalue weighted by atomic mass is 10.1. The van der Waals surface area contributed by atoms with Gasteiger partial charge in [-0.3, -0.25) is 14.8 Å². The van der Waals surface area contributed by atoms with Crippen molar-refractivity contribution in [3.63, 3.8) is 0 Å². The van der Waals surface area contributed by atoms with Crippen LogP contribution in [0.4, 0.5) is 0 Å². The Bertz CT molecular complexity index is 988. The number of hydrogen-bond donors (Lipinski definition) is 6. The first-order valence-corrected chi connectivity index (χ1v) is 11.0. The Kier molecular flexibility index (Phi) is 10.7. The lowest BCUT2D eigenvalue weighted by Gasteiger charge is -2.23. The first kappa shape index (κ1) is 27.0. The zero-order valence-corrected chi connectivity index (χ0v) is 18.6. The molecule has 0 saturated carbocycles. The SMILES string of the molecule is C.C[C@@H](O)[C@H](NC(=O)c1ccc(C#Cc2ccc(CNC3CCCNC3)cc2)cc1)C(=O)NO. The van der Waals surface area contributed by atoms with Crippen LogP contribution in [-0.4, -0.2) is 53.4 Å². The number of hydrogen-bond acceptors (Lipinski definition) is 6. The summed E-state index contributed by atoms with van der Waals surface area (Å²) in [6.07, 6.45) is 1.25. The normalized spacial score (nSPS) is 16.7. The fourth-order valence-electron chi connectivity index (χ4n) is 3.54. The number of carbonyl (C=O) groups excluding carboxylic acids is 2. The third-order valence-electron chi connectivity index (χ3n) is 5.51. The Morgan fingerprint density at radius 3 is 2.24 bits per heavy atom. The first-order valence-electron chi connectivity index (χ1n) is 11.0. The standard InChI is InChI=1S/C25H30N4O4.CH4/c1-17(30)23(25(32)29-33)28-24(31)21-12-10-19(11-13-21)5-4-18-6-8-20(9-7-18)15-27-22-3-2-14-26-16-22;/h6-13,17,22-23,26-27,30,33H,2-3,14-16H2,1H3,(H,28,31)(H,29,32);1H4/t17-,22?,23+;/m1./s1. The van der Waals surface area contributed by atoms with E-state index in [0.29, 0.717) is 11.6 Å². The summed E-state index contributed by atoms with van der Waals surface area (Å²) in [5.74, 6) is 4.75. The summed E-state index contributed by atoms with van der Waals surface area (Å²) in [5.41, 5.74) is 4.59. The number of nitrogens with one attached hydrogen (secondary N) is 4. The summed E-state index contributed by atoms with van der Waals surface area (Å²) < 4.78 is 0. The monoisotopic (exact) mass is 466 g/mol. The first-order chi connectivity index (χ1) is 16.0. The molecule has 8 heteroatoms. The molecule has 8 nitrogen and oxygen atoms in total. The predicted molar refractivity (Wildman–Crippen MR) is 131 cm³/mol. The Morgan fingerprint density at radius 2 is 1.71 bits per heavy atom. The quantitative estimate of drug-likeness (QED) is 0.209. The third-order valence-corrected chi connectivity index (χ3v) is 5.51. The van der Waals surface area contributed by atoms with Crippen molar-refractivity contribution in [1.82, 2.24) is 21.4 Å². The lowest BCUT2D eigenvalue weighted by Crippen LogP contribution is -2.51. The van der Waals surface area contributed by atoms with Gasteiger partial charge in [0.25, 0.3) is 11.8 Å². The molecule has 1 saturated heterocycles. The molecule has 1 heterocycles. The highest BCUT2D eigenvalue weighted by atomic mass is 16.5. The Hall–Kier alpha value is -3.22. The van der Waals surface area contributed by atoms with Crippen LogP contribution in [0.25, 0.3) is 0 Å². The van der Waals surface area contributed by atoms with Crippen molar-refractivity contribution < 1.29 is 19.9 Å². The van der Waals surface area contributed by atoms with Gasteiger partial charge >= 0.3 is 0 Å². The van der Waals surface area contributed by atoms with Crippen LogP contribution in [-0.2, 0) is 11.3 Å². The summed E-state index contributed by atoms with van der Waals surface area (Å²) in [5, 5.41) is 27.7. The van der Waals surface area contributed by atoms with Crippen molar-refractivity contribution in [2.24, 2.45) is 0 Å². The predicted octanol–water partition coefficient (Wildman–Crippen LogP) is 1.55. The maximum absolute atomic E-state index is 12.3. The molecule has 2 amide bonds.